The van der Waals surface area contributed by atoms with Crippen molar-refractivity contribution in [3.8, 4) is 0 Å². The summed E-state index contributed by atoms with van der Waals surface area (Å²) in [6.07, 6.45) is 6.02. The number of amides is 1. The van der Waals surface area contributed by atoms with E-state index in [9.17, 15) is 18.3 Å². The molecule has 0 spiro atoms. The van der Waals surface area contributed by atoms with Crippen molar-refractivity contribution in [2.75, 3.05) is 20.1 Å². The third-order valence-corrected chi connectivity index (χ3v) is 10.1. The second kappa shape index (κ2) is 7.31. The Balaban J connectivity index is 1.23. The van der Waals surface area contributed by atoms with E-state index < -0.39 is 15.6 Å². The van der Waals surface area contributed by atoms with E-state index in [2.05, 4.69) is 0 Å². The van der Waals surface area contributed by atoms with Gasteiger partial charge in [0.1, 0.15) is 0 Å². The fraction of sp³-hybridized carbons (Fsp3) is 0.696. The van der Waals surface area contributed by atoms with Gasteiger partial charge in [-0.2, -0.15) is 4.31 Å². The first-order chi connectivity index (χ1) is 14.3. The largest absolute Gasteiger partial charge is 0.390 e. The van der Waals surface area contributed by atoms with Crippen LogP contribution in [0.5, 0.6) is 0 Å². The Morgan fingerprint density at radius 2 is 1.67 bits per heavy atom. The summed E-state index contributed by atoms with van der Waals surface area (Å²) < 4.78 is 27.2. The molecule has 1 N–H and O–H groups in total. The van der Waals surface area contributed by atoms with Crippen LogP contribution in [-0.4, -0.2) is 60.4 Å². The Bertz CT molecular complexity index is 894. The van der Waals surface area contributed by atoms with Crippen LogP contribution in [0.3, 0.4) is 0 Å². The van der Waals surface area contributed by atoms with Crippen molar-refractivity contribution in [3.05, 3.63) is 30.3 Å². The molecule has 4 bridgehead atoms. The van der Waals surface area contributed by atoms with Crippen molar-refractivity contribution in [2.24, 2.45) is 23.7 Å². The highest BCUT2D eigenvalue weighted by Gasteiger charge is 2.56. The number of carbonyl (C=O) groups excluding carboxylic acids is 1. The van der Waals surface area contributed by atoms with Crippen LogP contribution >= 0.6 is 0 Å². The van der Waals surface area contributed by atoms with Crippen LogP contribution < -0.4 is 0 Å². The van der Waals surface area contributed by atoms with Crippen molar-refractivity contribution >= 4 is 15.9 Å². The zero-order valence-corrected chi connectivity index (χ0v) is 18.4. The molecule has 0 aromatic heterocycles. The van der Waals surface area contributed by atoms with Crippen LogP contribution in [0.1, 0.15) is 44.9 Å². The zero-order chi connectivity index (χ0) is 21.1. The number of carbonyl (C=O) groups is 1. The highest BCUT2D eigenvalue weighted by Crippen LogP contribution is 2.57. The standard InChI is InChI=1S/C23H32N2O4S/c1-24(21-18-11-16-12-19(21)15-23(27,13-16)14-18)22(26)17-7-9-25(10-8-17)30(28,29)20-5-3-2-4-6-20/h2-6,16-19,21,27H,7-15H2,1H3. The zero-order valence-electron chi connectivity index (χ0n) is 17.6. The fourth-order valence-electron chi connectivity index (χ4n) is 7.11. The molecular formula is C23H32N2O4S. The first kappa shape index (κ1) is 20.5. The van der Waals surface area contributed by atoms with Gasteiger partial charge in [-0.25, -0.2) is 8.42 Å². The SMILES string of the molecule is CN(C(=O)C1CCN(S(=O)(=O)c2ccccc2)CC1)C1C2CC3CC1CC(O)(C3)C2. The van der Waals surface area contributed by atoms with Crippen molar-refractivity contribution in [1.29, 1.82) is 0 Å². The highest BCUT2D eigenvalue weighted by atomic mass is 32.2. The molecule has 7 heteroatoms. The number of nitrogens with zero attached hydrogens (tertiary/aromatic N) is 2. The summed E-state index contributed by atoms with van der Waals surface area (Å²) in [6, 6.07) is 8.77. The minimum Gasteiger partial charge on any atom is -0.390 e. The molecule has 1 amide bonds. The van der Waals surface area contributed by atoms with Gasteiger partial charge in [-0.15, -0.1) is 0 Å². The first-order valence-electron chi connectivity index (χ1n) is 11.3. The Labute approximate surface area is 179 Å². The molecule has 2 atom stereocenters. The minimum atomic E-state index is -3.49. The van der Waals surface area contributed by atoms with E-state index in [1.807, 2.05) is 18.0 Å². The summed E-state index contributed by atoms with van der Waals surface area (Å²) in [5.41, 5.74) is -0.492. The summed E-state index contributed by atoms with van der Waals surface area (Å²) in [7, 11) is -1.55. The molecule has 2 unspecified atom stereocenters. The van der Waals surface area contributed by atoms with Crippen LogP contribution in [0.25, 0.3) is 0 Å². The summed E-state index contributed by atoms with van der Waals surface area (Å²) in [5.74, 6) is 1.50. The minimum absolute atomic E-state index is 0.113. The van der Waals surface area contributed by atoms with E-state index in [4.69, 9.17) is 0 Å². The van der Waals surface area contributed by atoms with Gasteiger partial charge in [0.15, 0.2) is 0 Å². The molecule has 5 aliphatic rings. The molecule has 1 saturated heterocycles. The second-order valence-electron chi connectivity index (χ2n) is 10.1. The van der Waals surface area contributed by atoms with E-state index in [-0.39, 0.29) is 17.9 Å². The van der Waals surface area contributed by atoms with Gasteiger partial charge in [0.25, 0.3) is 0 Å². The molecule has 1 aromatic rings. The third kappa shape index (κ3) is 3.39. The molecule has 1 aromatic carbocycles. The average Bonchev–Trinajstić information content (AvgIpc) is 2.72. The van der Waals surface area contributed by atoms with Crippen LogP contribution in [0, 0.1) is 23.7 Å². The van der Waals surface area contributed by atoms with E-state index in [1.165, 1.54) is 4.31 Å². The average molecular weight is 433 g/mol. The molecule has 1 aliphatic heterocycles. The molecule has 4 saturated carbocycles. The molecule has 30 heavy (non-hydrogen) atoms. The normalized spacial score (nSPS) is 36.7. The highest BCUT2D eigenvalue weighted by molar-refractivity contribution is 7.89. The molecule has 6 nitrogen and oxygen atoms in total. The summed E-state index contributed by atoms with van der Waals surface area (Å²) in [6.45, 7) is 0.779. The van der Waals surface area contributed by atoms with Gasteiger partial charge in [-0.1, -0.05) is 18.2 Å². The summed E-state index contributed by atoms with van der Waals surface area (Å²) in [5, 5.41) is 10.8. The monoisotopic (exact) mass is 432 g/mol. The molecule has 4 aliphatic carbocycles. The molecule has 5 fully saturated rings. The van der Waals surface area contributed by atoms with Gasteiger partial charge in [0.2, 0.25) is 15.9 Å². The Kier molecular flexibility index (Phi) is 4.99. The van der Waals surface area contributed by atoms with Crippen molar-refractivity contribution in [1.82, 2.24) is 9.21 Å². The predicted octanol–water partition coefficient (Wildman–Crippen LogP) is 2.49. The predicted molar refractivity (Wildman–Crippen MR) is 113 cm³/mol. The fourth-order valence-corrected chi connectivity index (χ4v) is 8.60. The van der Waals surface area contributed by atoms with Crippen molar-refractivity contribution < 1.29 is 18.3 Å². The lowest BCUT2D eigenvalue weighted by molar-refractivity contribution is -0.170. The lowest BCUT2D eigenvalue weighted by Gasteiger charge is -2.60. The Morgan fingerprint density at radius 3 is 2.23 bits per heavy atom. The van der Waals surface area contributed by atoms with E-state index in [0.29, 0.717) is 48.6 Å². The molecule has 6 rings (SSSR count). The maximum atomic E-state index is 13.3. The number of sulfonamides is 1. The number of hydrogen-bond donors (Lipinski definition) is 1. The number of hydrogen-bond acceptors (Lipinski definition) is 4. The van der Waals surface area contributed by atoms with E-state index in [0.717, 1.165) is 32.1 Å². The van der Waals surface area contributed by atoms with E-state index >= 15 is 0 Å². The number of piperidine rings is 1. The summed E-state index contributed by atoms with van der Waals surface area (Å²) >= 11 is 0. The number of rotatable bonds is 4. The second-order valence-corrected chi connectivity index (χ2v) is 12.1. The first-order valence-corrected chi connectivity index (χ1v) is 12.8. The maximum Gasteiger partial charge on any atom is 0.243 e. The van der Waals surface area contributed by atoms with Gasteiger partial charge in [-0.05, 0) is 74.8 Å². The lowest BCUT2D eigenvalue weighted by Crippen LogP contribution is -2.62. The Hall–Kier alpha value is -1.44. The van der Waals surface area contributed by atoms with Gasteiger partial charge < -0.3 is 10.0 Å². The number of benzene rings is 1. The third-order valence-electron chi connectivity index (χ3n) is 8.17. The van der Waals surface area contributed by atoms with Crippen LogP contribution in [0.4, 0.5) is 0 Å². The van der Waals surface area contributed by atoms with Crippen molar-refractivity contribution in [2.45, 2.75) is 61.5 Å². The van der Waals surface area contributed by atoms with Crippen LogP contribution in [0.2, 0.25) is 0 Å². The molecular weight excluding hydrogens is 400 g/mol. The van der Waals surface area contributed by atoms with Gasteiger partial charge in [-0.3, -0.25) is 4.79 Å². The summed E-state index contributed by atoms with van der Waals surface area (Å²) in [4.78, 5) is 15.6. The smallest absolute Gasteiger partial charge is 0.243 e. The van der Waals surface area contributed by atoms with E-state index in [1.54, 1.807) is 24.3 Å². The maximum absolute atomic E-state index is 13.3. The van der Waals surface area contributed by atoms with Crippen LogP contribution in [0.15, 0.2) is 35.2 Å². The topological polar surface area (TPSA) is 77.9 Å². The molecule has 164 valence electrons. The Morgan fingerprint density at radius 1 is 1.07 bits per heavy atom. The van der Waals surface area contributed by atoms with Gasteiger partial charge >= 0.3 is 0 Å². The molecule has 1 heterocycles. The van der Waals surface area contributed by atoms with Gasteiger partial charge in [0.05, 0.1) is 10.5 Å². The molecule has 0 radical (unpaired) electrons. The number of aliphatic hydroxyl groups is 1. The van der Waals surface area contributed by atoms with Crippen LogP contribution in [-0.2, 0) is 14.8 Å². The van der Waals surface area contributed by atoms with Gasteiger partial charge in [0, 0.05) is 32.1 Å². The quantitative estimate of drug-likeness (QED) is 0.793. The van der Waals surface area contributed by atoms with Crippen molar-refractivity contribution in [3.63, 3.8) is 0 Å². The lowest BCUT2D eigenvalue weighted by atomic mass is 9.52.